The van der Waals surface area contributed by atoms with E-state index < -0.39 is 0 Å². The number of piperidine rings is 1. The Balaban J connectivity index is 1.42. The van der Waals surface area contributed by atoms with Gasteiger partial charge >= 0.3 is 0 Å². The van der Waals surface area contributed by atoms with Crippen LogP contribution < -0.4 is 11.1 Å². The van der Waals surface area contributed by atoms with Crippen LogP contribution in [0.2, 0.25) is 0 Å². The van der Waals surface area contributed by atoms with Crippen molar-refractivity contribution in [2.75, 3.05) is 18.8 Å². The van der Waals surface area contributed by atoms with Gasteiger partial charge in [0.25, 0.3) is 5.91 Å². The molecule has 2 amide bonds. The Labute approximate surface area is 165 Å². The molecule has 1 fully saturated rings. The number of carbonyl (C=O) groups excluding carboxylic acids is 2. The number of hydrogen-bond acceptors (Lipinski definition) is 4. The minimum absolute atomic E-state index is 0.0293. The van der Waals surface area contributed by atoms with Gasteiger partial charge in [-0.25, -0.2) is 0 Å². The molecule has 146 valence electrons. The molecule has 0 bridgehead atoms. The largest absolute Gasteiger partial charge is 0.399 e. The first-order chi connectivity index (χ1) is 13.6. The van der Waals surface area contributed by atoms with Crippen LogP contribution >= 0.6 is 0 Å². The first-order valence-electron chi connectivity index (χ1n) is 10.00. The molecule has 2 aromatic rings. The van der Waals surface area contributed by atoms with E-state index in [9.17, 15) is 9.59 Å². The lowest BCUT2D eigenvalue weighted by atomic mass is 9.86. The van der Waals surface area contributed by atoms with Gasteiger partial charge in [0.1, 0.15) is 0 Å². The predicted molar refractivity (Wildman–Crippen MR) is 108 cm³/mol. The van der Waals surface area contributed by atoms with Gasteiger partial charge in [0.2, 0.25) is 5.91 Å². The van der Waals surface area contributed by atoms with Crippen LogP contribution in [0.1, 0.15) is 53.2 Å². The SMILES string of the molecule is Nc1ccc2c(c1)CCCC2NC(=O)C1CCCN(C(=O)c2ccncc2)C1. The highest BCUT2D eigenvalue weighted by molar-refractivity contribution is 5.94. The van der Waals surface area contributed by atoms with Crippen LogP contribution in [-0.2, 0) is 11.2 Å². The summed E-state index contributed by atoms with van der Waals surface area (Å²) in [5.41, 5.74) is 9.70. The summed E-state index contributed by atoms with van der Waals surface area (Å²) in [6, 6.07) is 9.42. The Bertz CT molecular complexity index is 868. The second-order valence-corrected chi connectivity index (χ2v) is 7.74. The van der Waals surface area contributed by atoms with Crippen molar-refractivity contribution in [2.45, 2.75) is 38.1 Å². The topological polar surface area (TPSA) is 88.3 Å². The van der Waals surface area contributed by atoms with Crippen LogP contribution in [0, 0.1) is 5.92 Å². The monoisotopic (exact) mass is 378 g/mol. The van der Waals surface area contributed by atoms with E-state index >= 15 is 0 Å². The number of pyridine rings is 1. The van der Waals surface area contributed by atoms with Crippen LogP contribution in [0.25, 0.3) is 0 Å². The van der Waals surface area contributed by atoms with Gasteiger partial charge in [-0.3, -0.25) is 14.6 Å². The first kappa shape index (κ1) is 18.5. The Morgan fingerprint density at radius 2 is 1.93 bits per heavy atom. The van der Waals surface area contributed by atoms with Gasteiger partial charge in [-0.05, 0) is 67.5 Å². The molecule has 0 saturated carbocycles. The molecule has 1 aliphatic carbocycles. The Morgan fingerprint density at radius 3 is 2.75 bits per heavy atom. The fourth-order valence-electron chi connectivity index (χ4n) is 4.33. The number of nitrogen functional groups attached to an aromatic ring is 1. The lowest BCUT2D eigenvalue weighted by Gasteiger charge is -2.34. The molecule has 6 nitrogen and oxygen atoms in total. The molecule has 6 heteroatoms. The lowest BCUT2D eigenvalue weighted by Crippen LogP contribution is -2.46. The highest BCUT2D eigenvalue weighted by atomic mass is 16.2. The zero-order valence-electron chi connectivity index (χ0n) is 15.9. The normalized spacial score (nSPS) is 21.6. The zero-order valence-corrected chi connectivity index (χ0v) is 15.9. The maximum atomic E-state index is 13.0. The number of nitrogens with one attached hydrogen (secondary N) is 1. The molecule has 2 aliphatic rings. The molecule has 2 heterocycles. The second-order valence-electron chi connectivity index (χ2n) is 7.74. The second kappa shape index (κ2) is 8.00. The molecule has 1 aliphatic heterocycles. The van der Waals surface area contributed by atoms with Gasteiger partial charge in [-0.15, -0.1) is 0 Å². The summed E-state index contributed by atoms with van der Waals surface area (Å²) in [6.45, 7) is 1.16. The number of fused-ring (bicyclic) bond motifs is 1. The number of aryl methyl sites for hydroxylation is 1. The molecule has 2 atom stereocenters. The molecular weight excluding hydrogens is 352 g/mol. The Morgan fingerprint density at radius 1 is 1.11 bits per heavy atom. The molecule has 3 N–H and O–H groups in total. The molecule has 1 aromatic heterocycles. The van der Waals surface area contributed by atoms with Crippen LogP contribution in [0.4, 0.5) is 5.69 Å². The number of rotatable bonds is 3. The van der Waals surface area contributed by atoms with Gasteiger partial charge in [0.05, 0.1) is 12.0 Å². The van der Waals surface area contributed by atoms with Crippen molar-refractivity contribution in [3.8, 4) is 0 Å². The van der Waals surface area contributed by atoms with Gasteiger partial charge in [0.15, 0.2) is 0 Å². The van der Waals surface area contributed by atoms with E-state index in [1.807, 2.05) is 18.2 Å². The summed E-state index contributed by atoms with van der Waals surface area (Å²) in [5.74, 6) is -0.154. The van der Waals surface area contributed by atoms with E-state index in [-0.39, 0.29) is 23.8 Å². The summed E-state index contributed by atoms with van der Waals surface area (Å²) in [6.07, 6.45) is 7.88. The van der Waals surface area contributed by atoms with Gasteiger partial charge in [0, 0.05) is 36.7 Å². The highest BCUT2D eigenvalue weighted by Gasteiger charge is 2.31. The number of benzene rings is 1. The molecular formula is C22H26N4O2. The maximum Gasteiger partial charge on any atom is 0.253 e. The van der Waals surface area contributed by atoms with Crippen molar-refractivity contribution in [3.05, 3.63) is 59.4 Å². The number of nitrogens with two attached hydrogens (primary N) is 1. The minimum atomic E-state index is -0.168. The maximum absolute atomic E-state index is 13.0. The molecule has 2 unspecified atom stereocenters. The van der Waals surface area contributed by atoms with Gasteiger partial charge < -0.3 is 16.0 Å². The van der Waals surface area contributed by atoms with Crippen molar-refractivity contribution < 1.29 is 9.59 Å². The van der Waals surface area contributed by atoms with Crippen LogP contribution in [0.5, 0.6) is 0 Å². The lowest BCUT2D eigenvalue weighted by molar-refractivity contribution is -0.127. The highest BCUT2D eigenvalue weighted by Crippen LogP contribution is 2.31. The van der Waals surface area contributed by atoms with Gasteiger partial charge in [-0.1, -0.05) is 6.07 Å². The number of nitrogens with zero attached hydrogens (tertiary/aromatic N) is 2. The first-order valence-corrected chi connectivity index (χ1v) is 10.00. The van der Waals surface area contributed by atoms with Crippen molar-refractivity contribution in [1.29, 1.82) is 0 Å². The van der Waals surface area contributed by atoms with Gasteiger partial charge in [-0.2, -0.15) is 0 Å². The fraction of sp³-hybridized carbons (Fsp3) is 0.409. The summed E-state index contributed by atoms with van der Waals surface area (Å²) < 4.78 is 0. The third-order valence-corrected chi connectivity index (χ3v) is 5.80. The third-order valence-electron chi connectivity index (χ3n) is 5.80. The predicted octanol–water partition coefficient (Wildman–Crippen LogP) is 2.71. The van der Waals surface area contributed by atoms with Crippen molar-refractivity contribution in [2.24, 2.45) is 5.92 Å². The van der Waals surface area contributed by atoms with Crippen LogP contribution in [0.3, 0.4) is 0 Å². The fourth-order valence-corrected chi connectivity index (χ4v) is 4.33. The average Bonchev–Trinajstić information content (AvgIpc) is 2.74. The minimum Gasteiger partial charge on any atom is -0.399 e. The Kier molecular flexibility index (Phi) is 5.28. The standard InChI is InChI=1S/C22H26N4O2/c23-18-6-7-19-16(13-18)3-1-5-20(19)25-21(27)17-4-2-12-26(14-17)22(28)15-8-10-24-11-9-15/h6-11,13,17,20H,1-5,12,14,23H2,(H,25,27). The number of carbonyl (C=O) groups is 2. The molecule has 4 rings (SSSR count). The quantitative estimate of drug-likeness (QED) is 0.804. The van der Waals surface area contributed by atoms with E-state index in [4.69, 9.17) is 5.73 Å². The summed E-state index contributed by atoms with van der Waals surface area (Å²) in [4.78, 5) is 31.4. The van der Waals surface area contributed by atoms with Crippen molar-refractivity contribution in [1.82, 2.24) is 15.2 Å². The molecule has 0 radical (unpaired) electrons. The van der Waals surface area contributed by atoms with Crippen LogP contribution in [0.15, 0.2) is 42.7 Å². The number of anilines is 1. The number of aromatic nitrogens is 1. The summed E-state index contributed by atoms with van der Waals surface area (Å²) >= 11 is 0. The third kappa shape index (κ3) is 3.86. The van der Waals surface area contributed by atoms with Crippen LogP contribution in [-0.4, -0.2) is 34.8 Å². The van der Waals surface area contributed by atoms with Crippen molar-refractivity contribution >= 4 is 17.5 Å². The molecule has 1 saturated heterocycles. The van der Waals surface area contributed by atoms with E-state index in [2.05, 4.69) is 10.3 Å². The molecule has 0 spiro atoms. The van der Waals surface area contributed by atoms with E-state index in [1.54, 1.807) is 29.4 Å². The Hall–Kier alpha value is -2.89. The number of hydrogen-bond donors (Lipinski definition) is 2. The smallest absolute Gasteiger partial charge is 0.253 e. The summed E-state index contributed by atoms with van der Waals surface area (Å²) in [5, 5.41) is 3.24. The number of likely N-dealkylation sites (tertiary alicyclic amines) is 1. The van der Waals surface area contributed by atoms with Crippen molar-refractivity contribution in [3.63, 3.8) is 0 Å². The zero-order chi connectivity index (χ0) is 19.5. The molecule has 28 heavy (non-hydrogen) atoms. The number of amides is 2. The van der Waals surface area contributed by atoms with E-state index in [1.165, 1.54) is 11.1 Å². The molecule has 1 aromatic carbocycles. The summed E-state index contributed by atoms with van der Waals surface area (Å²) in [7, 11) is 0. The van der Waals surface area contributed by atoms with E-state index in [0.29, 0.717) is 18.7 Å². The average molecular weight is 378 g/mol. The van der Waals surface area contributed by atoms with E-state index in [0.717, 1.165) is 37.8 Å².